The van der Waals surface area contributed by atoms with E-state index in [4.69, 9.17) is 42.4 Å². The third-order valence-electron chi connectivity index (χ3n) is 11.1. The van der Waals surface area contributed by atoms with E-state index in [0.29, 0.717) is 84.3 Å². The molecule has 2 heterocycles. The van der Waals surface area contributed by atoms with Crippen molar-refractivity contribution in [3.05, 3.63) is 86.9 Å². The smallest absolute Gasteiger partial charge is 0.309 e. The molecule has 7 rings (SSSR count). The fourth-order valence-electron chi connectivity index (χ4n) is 7.95. The van der Waals surface area contributed by atoms with Gasteiger partial charge in [-0.05, 0) is 86.2 Å². The second kappa shape index (κ2) is 15.4. The van der Waals surface area contributed by atoms with E-state index < -0.39 is 11.4 Å². The van der Waals surface area contributed by atoms with Gasteiger partial charge < -0.3 is 24.6 Å². The summed E-state index contributed by atoms with van der Waals surface area (Å²) in [5.74, 6) is 1.21. The normalized spacial score (nSPS) is 18.9. The van der Waals surface area contributed by atoms with Crippen LogP contribution in [0.1, 0.15) is 79.7 Å². The summed E-state index contributed by atoms with van der Waals surface area (Å²) >= 11 is 13.9. The van der Waals surface area contributed by atoms with Crippen LogP contribution in [0, 0.1) is 11.3 Å². The molecule has 0 amide bonds. The number of rotatable bonds is 14. The Hall–Kier alpha value is -4.18. The Labute approximate surface area is 314 Å². The van der Waals surface area contributed by atoms with Crippen LogP contribution in [0.15, 0.2) is 54.6 Å². The van der Waals surface area contributed by atoms with Crippen molar-refractivity contribution in [2.75, 3.05) is 20.8 Å². The molecule has 3 aliphatic rings. The number of carbonyl (C=O) groups is 2. The van der Waals surface area contributed by atoms with Crippen LogP contribution in [0.3, 0.4) is 0 Å². The van der Waals surface area contributed by atoms with Crippen LogP contribution >= 0.6 is 23.2 Å². The molecule has 2 aromatic heterocycles. The van der Waals surface area contributed by atoms with Gasteiger partial charge in [-0.1, -0.05) is 72.1 Å². The SMILES string of the molecule is COc1nc(-c2cccc(-c3cccc4c3CC[C@@H]4Oc3nc(OC)c(CCC4(C(=O)O)CCC4)cc3Cl)c2Cl)ccc1CNC[C@@H]1CCC(=O)C1. The van der Waals surface area contributed by atoms with Gasteiger partial charge in [-0.15, -0.1) is 0 Å². The average Bonchev–Trinajstić information content (AvgIpc) is 3.74. The van der Waals surface area contributed by atoms with Gasteiger partial charge in [0.2, 0.25) is 17.6 Å². The second-order valence-electron chi connectivity index (χ2n) is 14.2. The van der Waals surface area contributed by atoms with Crippen LogP contribution in [0.25, 0.3) is 22.4 Å². The van der Waals surface area contributed by atoms with E-state index in [1.54, 1.807) is 20.3 Å². The van der Waals surface area contributed by atoms with Gasteiger partial charge in [-0.25, -0.2) is 4.98 Å². The molecular weight excluding hydrogens is 701 g/mol. The Morgan fingerprint density at radius 3 is 2.38 bits per heavy atom. The first-order valence-corrected chi connectivity index (χ1v) is 18.8. The number of carboxylic acids is 1. The number of carbonyl (C=O) groups excluding carboxylic acids is 1. The molecule has 0 aliphatic heterocycles. The molecule has 2 atom stereocenters. The molecular formula is C41H43Cl2N3O6. The molecule has 11 heteroatoms. The lowest BCUT2D eigenvalue weighted by molar-refractivity contribution is -0.155. The number of halogens is 2. The summed E-state index contributed by atoms with van der Waals surface area (Å²) in [4.78, 5) is 33.0. The van der Waals surface area contributed by atoms with E-state index in [1.165, 1.54) is 0 Å². The highest BCUT2D eigenvalue weighted by Gasteiger charge is 2.44. The first-order valence-electron chi connectivity index (χ1n) is 18.0. The molecule has 3 aliphatic carbocycles. The standard InChI is InChI=1S/C41H43Cl2N3O6/c1-50-37-25(16-19-41(40(48)49)17-5-18-41)21-33(42)39(46-37)52-35-15-13-29-28(6-3-7-30(29)35)31-8-4-9-32(36(31)43)34-14-11-26(38(45-34)51-2)23-44-22-24-10-12-27(47)20-24/h3-4,6-9,11,14,21,24,35,44H,5,10,12-13,15-20,22-23H2,1-2H3,(H,48,49)/t24-,35+/m1/s1. The molecule has 2 aromatic carbocycles. The number of methoxy groups -OCH3 is 2. The number of carboxylic acid groups (broad SMARTS) is 1. The highest BCUT2D eigenvalue weighted by molar-refractivity contribution is 6.36. The first kappa shape index (κ1) is 36.2. The van der Waals surface area contributed by atoms with E-state index >= 15 is 0 Å². The summed E-state index contributed by atoms with van der Waals surface area (Å²) in [5.41, 5.74) is 6.69. The predicted octanol–water partition coefficient (Wildman–Crippen LogP) is 8.85. The fraction of sp³-hybridized carbons (Fsp3) is 0.415. The molecule has 0 radical (unpaired) electrons. The molecule has 0 spiro atoms. The molecule has 2 saturated carbocycles. The monoisotopic (exact) mass is 743 g/mol. The van der Waals surface area contributed by atoms with Crippen LogP contribution < -0.4 is 19.5 Å². The van der Waals surface area contributed by atoms with Crippen molar-refractivity contribution < 1.29 is 28.9 Å². The Morgan fingerprint density at radius 1 is 0.923 bits per heavy atom. The summed E-state index contributed by atoms with van der Waals surface area (Å²) in [6, 6.07) is 17.9. The van der Waals surface area contributed by atoms with Crippen molar-refractivity contribution in [1.82, 2.24) is 15.3 Å². The lowest BCUT2D eigenvalue weighted by Gasteiger charge is -2.37. The van der Waals surface area contributed by atoms with E-state index in [-0.39, 0.29) is 12.0 Å². The van der Waals surface area contributed by atoms with Gasteiger partial charge >= 0.3 is 5.97 Å². The Morgan fingerprint density at radius 2 is 1.67 bits per heavy atom. The molecule has 0 bridgehead atoms. The van der Waals surface area contributed by atoms with Crippen molar-refractivity contribution in [1.29, 1.82) is 0 Å². The largest absolute Gasteiger partial charge is 0.481 e. The zero-order valence-electron chi connectivity index (χ0n) is 29.5. The van der Waals surface area contributed by atoms with E-state index in [0.717, 1.165) is 71.2 Å². The van der Waals surface area contributed by atoms with E-state index in [2.05, 4.69) is 22.4 Å². The predicted molar refractivity (Wildman–Crippen MR) is 200 cm³/mol. The van der Waals surface area contributed by atoms with E-state index in [1.807, 2.05) is 36.4 Å². The van der Waals surface area contributed by atoms with Gasteiger partial charge in [0.05, 0.1) is 30.4 Å². The number of aromatic nitrogens is 2. The fourth-order valence-corrected chi connectivity index (χ4v) is 8.49. The van der Waals surface area contributed by atoms with Crippen molar-refractivity contribution in [3.63, 3.8) is 0 Å². The zero-order chi connectivity index (χ0) is 36.4. The number of pyridine rings is 2. The summed E-state index contributed by atoms with van der Waals surface area (Å²) in [7, 11) is 3.17. The third-order valence-corrected chi connectivity index (χ3v) is 11.8. The maximum absolute atomic E-state index is 11.9. The molecule has 2 fully saturated rings. The number of ether oxygens (including phenoxy) is 3. The summed E-state index contributed by atoms with van der Waals surface area (Å²) in [6.45, 7) is 1.39. The van der Waals surface area contributed by atoms with Gasteiger partial charge in [0, 0.05) is 41.6 Å². The number of nitrogens with one attached hydrogen (secondary N) is 1. The molecule has 4 aromatic rings. The average molecular weight is 745 g/mol. The Bertz CT molecular complexity index is 2000. The minimum Gasteiger partial charge on any atom is -0.481 e. The van der Waals surface area contributed by atoms with Gasteiger partial charge in [0.15, 0.2) is 0 Å². The van der Waals surface area contributed by atoms with Crippen molar-refractivity contribution in [3.8, 4) is 40.0 Å². The summed E-state index contributed by atoms with van der Waals surface area (Å²) in [6.07, 6.45) is 6.85. The first-order chi connectivity index (χ1) is 25.2. The van der Waals surface area contributed by atoms with Crippen LogP contribution in [0.4, 0.5) is 0 Å². The molecule has 0 saturated heterocycles. The quantitative estimate of drug-likeness (QED) is 0.131. The number of aliphatic carboxylic acids is 1. The third kappa shape index (κ3) is 7.23. The summed E-state index contributed by atoms with van der Waals surface area (Å²) in [5, 5.41) is 14.2. The molecule has 272 valence electrons. The lowest BCUT2D eigenvalue weighted by atomic mass is 9.66. The Kier molecular flexibility index (Phi) is 10.7. The number of nitrogens with zero attached hydrogens (tertiary/aromatic N) is 2. The number of hydrogen-bond acceptors (Lipinski definition) is 8. The van der Waals surface area contributed by atoms with Gasteiger partial charge in [-0.2, -0.15) is 4.98 Å². The number of benzene rings is 2. The lowest BCUT2D eigenvalue weighted by Crippen LogP contribution is -2.38. The summed E-state index contributed by atoms with van der Waals surface area (Å²) < 4.78 is 17.8. The number of fused-ring (bicyclic) bond motifs is 1. The van der Waals surface area contributed by atoms with Crippen molar-refractivity contribution in [2.24, 2.45) is 11.3 Å². The number of ketones is 1. The minimum atomic E-state index is -0.741. The van der Waals surface area contributed by atoms with Gasteiger partial charge in [-0.3, -0.25) is 9.59 Å². The van der Waals surface area contributed by atoms with Crippen LogP contribution in [0.2, 0.25) is 10.0 Å². The van der Waals surface area contributed by atoms with E-state index in [9.17, 15) is 14.7 Å². The molecule has 52 heavy (non-hydrogen) atoms. The van der Waals surface area contributed by atoms with Crippen molar-refractivity contribution in [2.45, 2.75) is 76.9 Å². The number of aryl methyl sites for hydroxylation is 1. The topological polar surface area (TPSA) is 120 Å². The maximum Gasteiger partial charge on any atom is 0.309 e. The highest BCUT2D eigenvalue weighted by atomic mass is 35.5. The number of Topliss-reactive ketones (excluding diaryl/α,β-unsaturated/α-hetero) is 1. The number of hydrogen-bond donors (Lipinski definition) is 2. The van der Waals surface area contributed by atoms with Gasteiger partial charge in [0.1, 0.15) is 16.9 Å². The minimum absolute atomic E-state index is 0.274. The molecule has 2 N–H and O–H groups in total. The van der Waals surface area contributed by atoms with Crippen LogP contribution in [0.5, 0.6) is 17.6 Å². The molecule has 0 unspecified atom stereocenters. The Balaban J connectivity index is 1.08. The molecule has 9 nitrogen and oxygen atoms in total. The second-order valence-corrected chi connectivity index (χ2v) is 15.0. The zero-order valence-corrected chi connectivity index (χ0v) is 31.0. The maximum atomic E-state index is 11.9. The highest BCUT2D eigenvalue weighted by Crippen LogP contribution is 2.47. The van der Waals surface area contributed by atoms with Crippen LogP contribution in [-0.4, -0.2) is 47.6 Å². The van der Waals surface area contributed by atoms with Crippen LogP contribution in [-0.2, 0) is 29.0 Å². The van der Waals surface area contributed by atoms with Crippen molar-refractivity contribution >= 4 is 35.0 Å². The van der Waals surface area contributed by atoms with Gasteiger partial charge in [0.25, 0.3) is 0 Å².